The first-order valence-electron chi connectivity index (χ1n) is 11.6. The van der Waals surface area contributed by atoms with Gasteiger partial charge < -0.3 is 24.8 Å². The molecule has 2 aromatic rings. The van der Waals surface area contributed by atoms with Crippen molar-refractivity contribution < 1.29 is 23.8 Å². The molecule has 1 unspecified atom stereocenters. The van der Waals surface area contributed by atoms with Gasteiger partial charge in [0, 0.05) is 49.5 Å². The zero-order chi connectivity index (χ0) is 24.8. The zero-order valence-electron chi connectivity index (χ0n) is 20.0. The molecule has 4 rings (SSSR count). The number of fused-ring (bicyclic) bond motifs is 2. The molecule has 2 aliphatic rings. The molecule has 1 aliphatic heterocycles. The molecule has 2 amide bonds. The van der Waals surface area contributed by atoms with Gasteiger partial charge in [-0.25, -0.2) is 9.59 Å². The predicted molar refractivity (Wildman–Crippen MR) is 142 cm³/mol. The zero-order valence-corrected chi connectivity index (χ0v) is 22.3. The van der Waals surface area contributed by atoms with Gasteiger partial charge in [0.15, 0.2) is 11.5 Å². The summed E-state index contributed by atoms with van der Waals surface area (Å²) in [5.41, 5.74) is 5.45. The standard InChI is InChI=1S/C25H29Cl2N3O5.ClH/c1-33-20-6-5-17-15-19-21-16(7-12-30(19)13-14-34-24(31)28-10-8-26)3-2-4-18(21)22(17)23(20)35-25(32)29-11-9-27;/h2-6,19H,7-15H2,1H3,(H,28,31)(H,29,32);1H. The Labute approximate surface area is 227 Å². The van der Waals surface area contributed by atoms with E-state index in [1.165, 1.54) is 11.1 Å². The van der Waals surface area contributed by atoms with Gasteiger partial charge in [0.1, 0.15) is 6.61 Å². The van der Waals surface area contributed by atoms with E-state index in [4.69, 9.17) is 37.4 Å². The quantitative estimate of drug-likeness (QED) is 0.440. The Bertz CT molecular complexity index is 1090. The van der Waals surface area contributed by atoms with Crippen LogP contribution in [0.3, 0.4) is 0 Å². The Morgan fingerprint density at radius 2 is 1.81 bits per heavy atom. The Kier molecular flexibility index (Phi) is 10.4. The number of nitrogens with one attached hydrogen (secondary N) is 2. The molecule has 8 nitrogen and oxygen atoms in total. The number of methoxy groups -OCH3 is 1. The Hall–Kier alpha value is -2.39. The molecule has 0 aromatic heterocycles. The largest absolute Gasteiger partial charge is 0.493 e. The van der Waals surface area contributed by atoms with E-state index in [-0.39, 0.29) is 25.1 Å². The number of carbonyl (C=O) groups excluding carboxylic acids is 2. The highest BCUT2D eigenvalue weighted by atomic mass is 35.5. The summed E-state index contributed by atoms with van der Waals surface area (Å²) in [4.78, 5) is 26.6. The number of alkyl carbamates (subject to hydrolysis) is 1. The highest BCUT2D eigenvalue weighted by Crippen LogP contribution is 2.51. The lowest BCUT2D eigenvalue weighted by atomic mass is 9.76. The van der Waals surface area contributed by atoms with Crippen LogP contribution < -0.4 is 20.1 Å². The molecule has 1 atom stereocenters. The molecule has 0 saturated heterocycles. The first-order valence-corrected chi connectivity index (χ1v) is 12.7. The van der Waals surface area contributed by atoms with Crippen LogP contribution in [0, 0.1) is 0 Å². The number of ether oxygens (including phenoxy) is 3. The molecular formula is C25H30Cl3N3O5. The molecule has 196 valence electrons. The van der Waals surface area contributed by atoms with Gasteiger partial charge in [0.05, 0.1) is 7.11 Å². The molecule has 2 aromatic carbocycles. The number of hydrogen-bond donors (Lipinski definition) is 2. The Morgan fingerprint density at radius 1 is 1.06 bits per heavy atom. The van der Waals surface area contributed by atoms with Crippen molar-refractivity contribution in [3.05, 3.63) is 47.0 Å². The second kappa shape index (κ2) is 13.2. The van der Waals surface area contributed by atoms with Crippen molar-refractivity contribution in [3.8, 4) is 22.6 Å². The first-order chi connectivity index (χ1) is 17.1. The van der Waals surface area contributed by atoms with E-state index in [0.29, 0.717) is 42.9 Å². The normalized spacial score (nSPS) is 15.6. The minimum atomic E-state index is -0.574. The summed E-state index contributed by atoms with van der Waals surface area (Å²) in [7, 11) is 1.56. The summed E-state index contributed by atoms with van der Waals surface area (Å²) in [5, 5.41) is 5.26. The van der Waals surface area contributed by atoms with E-state index in [1.54, 1.807) is 7.11 Å². The van der Waals surface area contributed by atoms with Gasteiger partial charge in [0.2, 0.25) is 0 Å². The number of carbonyl (C=O) groups is 2. The van der Waals surface area contributed by atoms with Crippen LogP contribution >= 0.6 is 35.6 Å². The molecule has 2 N–H and O–H groups in total. The van der Waals surface area contributed by atoms with Gasteiger partial charge in [0.25, 0.3) is 0 Å². The van der Waals surface area contributed by atoms with E-state index in [9.17, 15) is 9.59 Å². The summed E-state index contributed by atoms with van der Waals surface area (Å²) in [6, 6.07) is 10.2. The van der Waals surface area contributed by atoms with Crippen molar-refractivity contribution in [1.82, 2.24) is 15.5 Å². The van der Waals surface area contributed by atoms with Gasteiger partial charge >= 0.3 is 12.2 Å². The number of alkyl halides is 2. The fraction of sp³-hybridized carbons (Fsp3) is 0.440. The van der Waals surface area contributed by atoms with E-state index in [0.717, 1.165) is 36.1 Å². The van der Waals surface area contributed by atoms with Crippen LogP contribution in [0.1, 0.15) is 22.7 Å². The third kappa shape index (κ3) is 6.11. The van der Waals surface area contributed by atoms with Crippen LogP contribution in [0.15, 0.2) is 30.3 Å². The van der Waals surface area contributed by atoms with Crippen molar-refractivity contribution in [3.63, 3.8) is 0 Å². The number of halogens is 3. The maximum Gasteiger partial charge on any atom is 0.412 e. The van der Waals surface area contributed by atoms with Gasteiger partial charge in [-0.15, -0.1) is 35.6 Å². The SMILES string of the molecule is COc1ccc2c(c1OC(=O)NCCCl)-c1cccc3c1C(C2)N(CCOC(=O)NCCCl)CC3.Cl. The number of hydrogen-bond acceptors (Lipinski definition) is 6. The van der Waals surface area contributed by atoms with E-state index in [1.807, 2.05) is 18.2 Å². The predicted octanol–water partition coefficient (Wildman–Crippen LogP) is 4.53. The molecule has 0 bridgehead atoms. The molecule has 36 heavy (non-hydrogen) atoms. The van der Waals surface area contributed by atoms with Crippen LogP contribution in [0.5, 0.6) is 11.5 Å². The maximum absolute atomic E-state index is 12.4. The smallest absolute Gasteiger partial charge is 0.412 e. The van der Waals surface area contributed by atoms with Crippen LogP contribution in [0.25, 0.3) is 11.1 Å². The molecule has 1 aliphatic carbocycles. The molecular weight excluding hydrogens is 529 g/mol. The van der Waals surface area contributed by atoms with Crippen LogP contribution in [0.2, 0.25) is 0 Å². The highest BCUT2D eigenvalue weighted by Gasteiger charge is 2.36. The summed E-state index contributed by atoms with van der Waals surface area (Å²) >= 11 is 11.3. The van der Waals surface area contributed by atoms with E-state index < -0.39 is 12.2 Å². The van der Waals surface area contributed by atoms with Gasteiger partial charge in [-0.3, -0.25) is 4.90 Å². The fourth-order valence-corrected chi connectivity index (χ4v) is 5.01. The average Bonchev–Trinajstić information content (AvgIpc) is 2.87. The summed E-state index contributed by atoms with van der Waals surface area (Å²) in [6.45, 7) is 2.44. The summed E-state index contributed by atoms with van der Waals surface area (Å²) < 4.78 is 16.6. The lowest BCUT2D eigenvalue weighted by Crippen LogP contribution is -2.41. The molecule has 0 radical (unpaired) electrons. The van der Waals surface area contributed by atoms with Crippen LogP contribution in [-0.4, -0.2) is 68.7 Å². The van der Waals surface area contributed by atoms with Crippen molar-refractivity contribution in [2.24, 2.45) is 0 Å². The lowest BCUT2D eigenvalue weighted by molar-refractivity contribution is 0.107. The summed E-state index contributed by atoms with van der Waals surface area (Å²) in [5.74, 6) is 1.53. The molecule has 11 heteroatoms. The van der Waals surface area contributed by atoms with E-state index in [2.05, 4.69) is 27.7 Å². The number of rotatable bonds is 9. The Morgan fingerprint density at radius 3 is 2.53 bits per heavy atom. The minimum Gasteiger partial charge on any atom is -0.493 e. The van der Waals surface area contributed by atoms with Crippen molar-refractivity contribution in [2.45, 2.75) is 18.9 Å². The molecule has 0 saturated carbocycles. The van der Waals surface area contributed by atoms with Gasteiger partial charge in [-0.1, -0.05) is 24.3 Å². The highest BCUT2D eigenvalue weighted by molar-refractivity contribution is 6.18. The average molecular weight is 559 g/mol. The number of benzene rings is 2. The van der Waals surface area contributed by atoms with E-state index >= 15 is 0 Å². The van der Waals surface area contributed by atoms with Crippen LogP contribution in [0.4, 0.5) is 9.59 Å². The molecule has 0 spiro atoms. The van der Waals surface area contributed by atoms with Crippen molar-refractivity contribution in [1.29, 1.82) is 0 Å². The van der Waals surface area contributed by atoms with Gasteiger partial charge in [-0.05, 0) is 41.2 Å². The van der Waals surface area contributed by atoms with Crippen molar-refractivity contribution >= 4 is 47.8 Å². The Balaban J connectivity index is 0.00000361. The molecule has 1 heterocycles. The second-order valence-electron chi connectivity index (χ2n) is 8.27. The topological polar surface area (TPSA) is 89.1 Å². The minimum absolute atomic E-state index is 0. The third-order valence-corrected chi connectivity index (χ3v) is 6.66. The number of amides is 2. The monoisotopic (exact) mass is 557 g/mol. The van der Waals surface area contributed by atoms with Gasteiger partial charge in [-0.2, -0.15) is 0 Å². The third-order valence-electron chi connectivity index (χ3n) is 6.28. The summed E-state index contributed by atoms with van der Waals surface area (Å²) in [6.07, 6.45) is 0.584. The second-order valence-corrected chi connectivity index (χ2v) is 9.03. The molecule has 0 fully saturated rings. The first kappa shape index (κ1) is 28.2. The van der Waals surface area contributed by atoms with Crippen molar-refractivity contribution in [2.75, 3.05) is 51.7 Å². The number of nitrogens with zero attached hydrogens (tertiary/aromatic N) is 1. The van der Waals surface area contributed by atoms with Crippen LogP contribution in [-0.2, 0) is 17.6 Å². The fourth-order valence-electron chi connectivity index (χ4n) is 4.82. The lowest BCUT2D eigenvalue weighted by Gasteiger charge is -2.41. The maximum atomic E-state index is 12.4.